The minimum atomic E-state index is -0.476. The van der Waals surface area contributed by atoms with Crippen LogP contribution >= 0.6 is 0 Å². The van der Waals surface area contributed by atoms with Crippen LogP contribution in [-0.2, 0) is 14.2 Å². The van der Waals surface area contributed by atoms with Crippen molar-refractivity contribution in [2.75, 3.05) is 32.9 Å². The third-order valence-corrected chi connectivity index (χ3v) is 4.97. The molecule has 2 aliphatic rings. The molecule has 25 heavy (non-hydrogen) atoms. The Hall–Kier alpha value is -0.850. The number of aliphatic hydroxyl groups excluding tert-OH is 1. The van der Waals surface area contributed by atoms with Crippen molar-refractivity contribution >= 4 is 6.09 Å². The molecule has 0 radical (unpaired) electrons. The monoisotopic (exact) mass is 357 g/mol. The highest BCUT2D eigenvalue weighted by Crippen LogP contribution is 2.30. The van der Waals surface area contributed by atoms with Crippen LogP contribution < -0.4 is 0 Å². The van der Waals surface area contributed by atoms with E-state index in [-0.39, 0.29) is 19.0 Å². The van der Waals surface area contributed by atoms with Crippen LogP contribution in [0.1, 0.15) is 59.3 Å². The number of amides is 1. The number of ether oxygens (including phenoxy) is 3. The van der Waals surface area contributed by atoms with Gasteiger partial charge in [-0.1, -0.05) is 0 Å². The average Bonchev–Trinajstić information content (AvgIpc) is 2.56. The lowest BCUT2D eigenvalue weighted by atomic mass is 9.81. The molecule has 0 aromatic rings. The quantitative estimate of drug-likeness (QED) is 0.791. The summed E-state index contributed by atoms with van der Waals surface area (Å²) in [7, 11) is 0. The van der Waals surface area contributed by atoms with E-state index in [1.54, 1.807) is 4.90 Å². The normalized spacial score (nSPS) is 28.0. The summed E-state index contributed by atoms with van der Waals surface area (Å²) in [5.74, 6) is 0.761. The Morgan fingerprint density at radius 1 is 1.20 bits per heavy atom. The zero-order chi connectivity index (χ0) is 18.3. The molecule has 0 spiro atoms. The topological polar surface area (TPSA) is 68.2 Å². The van der Waals surface area contributed by atoms with Crippen molar-refractivity contribution in [3.63, 3.8) is 0 Å². The van der Waals surface area contributed by atoms with Crippen LogP contribution in [-0.4, -0.2) is 60.9 Å². The number of rotatable bonds is 6. The number of aliphatic hydroxyl groups is 1. The number of piperidine rings is 1. The van der Waals surface area contributed by atoms with Crippen molar-refractivity contribution in [2.24, 2.45) is 11.8 Å². The smallest absolute Gasteiger partial charge is 0.410 e. The minimum absolute atomic E-state index is 0.0735. The van der Waals surface area contributed by atoms with Crippen LogP contribution in [0.4, 0.5) is 4.79 Å². The number of hydrogen-bond acceptors (Lipinski definition) is 5. The Labute approximate surface area is 151 Å². The molecule has 0 aromatic carbocycles. The lowest BCUT2D eigenvalue weighted by molar-refractivity contribution is -0.165. The summed E-state index contributed by atoms with van der Waals surface area (Å²) in [6, 6.07) is 0. The SMILES string of the molecule is CC(C)(C)OC(=O)N1CC[C@@H](CCO)[C@@H](CCOC2CCCCO2)C1. The molecule has 2 fully saturated rings. The molecular weight excluding hydrogens is 322 g/mol. The largest absolute Gasteiger partial charge is 0.444 e. The zero-order valence-electron chi connectivity index (χ0n) is 16.0. The van der Waals surface area contributed by atoms with Gasteiger partial charge in [-0.2, -0.15) is 0 Å². The second kappa shape index (κ2) is 9.74. The maximum absolute atomic E-state index is 12.3. The molecule has 3 atom stereocenters. The van der Waals surface area contributed by atoms with E-state index < -0.39 is 5.60 Å². The summed E-state index contributed by atoms with van der Waals surface area (Å²) in [5.41, 5.74) is -0.476. The van der Waals surface area contributed by atoms with Crippen molar-refractivity contribution in [1.29, 1.82) is 0 Å². The lowest BCUT2D eigenvalue weighted by Crippen LogP contribution is -2.46. The van der Waals surface area contributed by atoms with E-state index in [4.69, 9.17) is 14.2 Å². The lowest BCUT2D eigenvalue weighted by Gasteiger charge is -2.39. The standard InChI is InChI=1S/C19H35NO5/c1-19(2,3)25-18(22)20-10-7-15(8-11-21)16(14-20)9-13-24-17-6-4-5-12-23-17/h15-17,21H,4-14H2,1-3H3/t15-,16-,17?/m0/s1. The molecule has 146 valence electrons. The fourth-order valence-electron chi connectivity index (χ4n) is 3.64. The van der Waals surface area contributed by atoms with E-state index in [0.29, 0.717) is 31.5 Å². The van der Waals surface area contributed by atoms with E-state index in [1.165, 1.54) is 0 Å². The average molecular weight is 357 g/mol. The van der Waals surface area contributed by atoms with E-state index in [2.05, 4.69) is 0 Å². The molecule has 6 nitrogen and oxygen atoms in total. The molecule has 1 N–H and O–H groups in total. The minimum Gasteiger partial charge on any atom is -0.444 e. The van der Waals surface area contributed by atoms with Crippen LogP contribution in [0.5, 0.6) is 0 Å². The van der Waals surface area contributed by atoms with Gasteiger partial charge in [0.1, 0.15) is 5.60 Å². The van der Waals surface area contributed by atoms with Gasteiger partial charge in [-0.3, -0.25) is 0 Å². The molecule has 0 bridgehead atoms. The Bertz CT molecular complexity index is 403. The van der Waals surface area contributed by atoms with Crippen molar-refractivity contribution in [3.05, 3.63) is 0 Å². The van der Waals surface area contributed by atoms with Gasteiger partial charge in [0.2, 0.25) is 0 Å². The number of hydrogen-bond donors (Lipinski definition) is 1. The first-order valence-corrected chi connectivity index (χ1v) is 9.71. The number of carbonyl (C=O) groups excluding carboxylic acids is 1. The second-order valence-electron chi connectivity index (χ2n) is 8.20. The van der Waals surface area contributed by atoms with Gasteiger partial charge in [-0.15, -0.1) is 0 Å². The summed E-state index contributed by atoms with van der Waals surface area (Å²) < 4.78 is 17.0. The summed E-state index contributed by atoms with van der Waals surface area (Å²) in [5, 5.41) is 9.34. The fourth-order valence-corrected chi connectivity index (χ4v) is 3.64. The highest BCUT2D eigenvalue weighted by molar-refractivity contribution is 5.68. The highest BCUT2D eigenvalue weighted by atomic mass is 16.7. The van der Waals surface area contributed by atoms with Gasteiger partial charge in [0, 0.05) is 26.3 Å². The van der Waals surface area contributed by atoms with Crippen LogP contribution in [0.3, 0.4) is 0 Å². The van der Waals surface area contributed by atoms with Gasteiger partial charge < -0.3 is 24.2 Å². The first-order valence-electron chi connectivity index (χ1n) is 9.71. The van der Waals surface area contributed by atoms with Crippen molar-refractivity contribution in [1.82, 2.24) is 4.90 Å². The molecule has 0 saturated carbocycles. The molecule has 0 aliphatic carbocycles. The van der Waals surface area contributed by atoms with Crippen LogP contribution in [0.25, 0.3) is 0 Å². The number of likely N-dealkylation sites (tertiary alicyclic amines) is 1. The maximum Gasteiger partial charge on any atom is 0.410 e. The molecule has 2 aliphatic heterocycles. The van der Waals surface area contributed by atoms with Crippen LogP contribution in [0.15, 0.2) is 0 Å². The predicted molar refractivity (Wildman–Crippen MR) is 95.3 cm³/mol. The van der Waals surface area contributed by atoms with Crippen molar-refractivity contribution in [2.45, 2.75) is 71.2 Å². The fraction of sp³-hybridized carbons (Fsp3) is 0.947. The van der Waals surface area contributed by atoms with Gasteiger partial charge >= 0.3 is 6.09 Å². The molecule has 0 aromatic heterocycles. The summed E-state index contributed by atoms with van der Waals surface area (Å²) in [6.07, 6.45) is 5.50. The van der Waals surface area contributed by atoms with E-state index in [1.807, 2.05) is 20.8 Å². The van der Waals surface area contributed by atoms with Gasteiger partial charge in [0.25, 0.3) is 0 Å². The van der Waals surface area contributed by atoms with Crippen LogP contribution in [0.2, 0.25) is 0 Å². The van der Waals surface area contributed by atoms with Gasteiger partial charge in [-0.25, -0.2) is 4.79 Å². The summed E-state index contributed by atoms with van der Waals surface area (Å²) in [4.78, 5) is 14.2. The molecular formula is C19H35NO5. The zero-order valence-corrected chi connectivity index (χ0v) is 16.0. The van der Waals surface area contributed by atoms with Crippen LogP contribution in [0, 0.1) is 11.8 Å². The Kier molecular flexibility index (Phi) is 7.97. The van der Waals surface area contributed by atoms with Crippen molar-refractivity contribution in [3.8, 4) is 0 Å². The molecule has 6 heteroatoms. The van der Waals surface area contributed by atoms with Gasteiger partial charge in [0.15, 0.2) is 6.29 Å². The van der Waals surface area contributed by atoms with E-state index in [9.17, 15) is 9.90 Å². The number of nitrogens with zero attached hydrogens (tertiary/aromatic N) is 1. The van der Waals surface area contributed by atoms with Crippen molar-refractivity contribution < 1.29 is 24.1 Å². The summed E-state index contributed by atoms with van der Waals surface area (Å²) >= 11 is 0. The van der Waals surface area contributed by atoms with Gasteiger partial charge in [-0.05, 0) is 71.1 Å². The Balaban J connectivity index is 1.83. The molecule has 2 heterocycles. The Morgan fingerprint density at radius 3 is 2.64 bits per heavy atom. The first kappa shape index (κ1) is 20.5. The third-order valence-electron chi connectivity index (χ3n) is 4.97. The highest BCUT2D eigenvalue weighted by Gasteiger charge is 2.33. The van der Waals surface area contributed by atoms with Gasteiger partial charge in [0.05, 0.1) is 6.61 Å². The number of carbonyl (C=O) groups is 1. The molecule has 1 amide bonds. The summed E-state index contributed by atoms with van der Waals surface area (Å²) in [6.45, 7) is 8.65. The molecule has 2 saturated heterocycles. The third kappa shape index (κ3) is 7.12. The maximum atomic E-state index is 12.3. The molecule has 2 rings (SSSR count). The second-order valence-corrected chi connectivity index (χ2v) is 8.20. The first-order chi connectivity index (χ1) is 11.9. The Morgan fingerprint density at radius 2 is 2.00 bits per heavy atom. The van der Waals surface area contributed by atoms with E-state index in [0.717, 1.165) is 45.1 Å². The predicted octanol–water partition coefficient (Wildman–Crippen LogP) is 3.18. The molecule has 1 unspecified atom stereocenters. The van der Waals surface area contributed by atoms with E-state index >= 15 is 0 Å².